The Morgan fingerprint density at radius 3 is 0.789 bits per heavy atom. The van der Waals surface area contributed by atoms with Crippen molar-refractivity contribution in [2.24, 2.45) is 0 Å². The van der Waals surface area contributed by atoms with Crippen LogP contribution in [0.1, 0.15) is 6.42 Å². The molecule has 0 aromatic heterocycles. The van der Waals surface area contributed by atoms with Gasteiger partial charge in [0, 0.05) is 0 Å². The van der Waals surface area contributed by atoms with Gasteiger partial charge in [0.05, 0.1) is 38.9 Å². The third-order valence-electron chi connectivity index (χ3n) is 6.81. The zero-order valence-electron chi connectivity index (χ0n) is 57.1. The molecular weight excluding hydrogens is 2190 g/mol. The van der Waals surface area contributed by atoms with Crippen molar-refractivity contribution in [1.82, 2.24) is 43.7 Å². The van der Waals surface area contributed by atoms with Gasteiger partial charge in [0.2, 0.25) is 0 Å². The molecule has 91 heteroatoms. The first-order chi connectivity index (χ1) is 53.9. The van der Waals surface area contributed by atoms with Crippen molar-refractivity contribution < 1.29 is 276 Å². The van der Waals surface area contributed by atoms with Crippen LogP contribution in [-0.2, 0) is 123 Å². The number of hydrogen-bond acceptors (Lipinski definition) is 29. The molecule has 726 valence electrons. The van der Waals surface area contributed by atoms with E-state index in [0.29, 0.717) is 19.4 Å². The van der Waals surface area contributed by atoms with Crippen molar-refractivity contribution in [3.63, 3.8) is 0 Å². The Bertz CT molecular complexity index is 4480. The van der Waals surface area contributed by atoms with Gasteiger partial charge in [0.25, 0.3) is 6.10 Å². The lowest BCUT2D eigenvalue weighted by molar-refractivity contribution is -0.301. The van der Waals surface area contributed by atoms with E-state index < -0.39 is 219 Å². The van der Waals surface area contributed by atoms with E-state index in [9.17, 15) is 222 Å². The molecule has 1 aromatic carbocycles. The molecule has 1 aromatic rings. The first-order valence-corrected chi connectivity index (χ1v) is 53.3. The standard InChI is InChI=1S/C6H6F3NO3P2.C6H11F2NO4P2.C6H7F2NO4P2.C3H2F9NO3P2.C3H5F3N2O3P2.C3H6F3NO3P2.C3H4F3NO3P2.C2H3F6NO3P2.F4HNO2P2/c7-14(8,11)10-15(9,12)13-6-4-2-1-3-5-6;2*1-3-5-12-14(7,10)9-15(8,11)13-6-4-2;4-2(5,6)1(3(7,8)9)16-18(12,15)13-17(10,11)14;4-12(5,9)8-13(6,10)11-3-1-2-7;2*1-2-3-10-12(6,9)7-11(4,5)8;3-2(4,5)1-12-14(8,11)9-13(6,7)10;1-8(2,6)5-9(3,4)7/h1-5H,(H,10,11,12);3-4H,1-2,5-6H2,(H,9,10,11);1-2H,5-6H2,(H,9,10,11);1H,(H,13,14,15);1,3H2,(H,8,9,10);2H,1,3H2,(H,7,8,9);1H,3H2,(H,7,8,9);1H2,(H,9,10,11);(H,5,6,7). The molecule has 0 spiro atoms. The van der Waals surface area contributed by atoms with Crippen LogP contribution in [-0.4, -0.2) is 77.5 Å². The Labute approximate surface area is 665 Å². The fraction of sp³-hybridized carbons (Fsp3) is 0.406. The first kappa shape index (κ1) is 136. The van der Waals surface area contributed by atoms with Crippen LogP contribution in [0.5, 0.6) is 5.75 Å². The Kier molecular flexibility index (Phi) is 64.4. The number of para-hydroxylation sites is 1. The fourth-order valence-corrected chi connectivity index (χ4v) is 19.2. The largest absolute Gasteiger partial charge is 0.506 e. The van der Waals surface area contributed by atoms with Gasteiger partial charge in [-0.1, -0.05) is 54.2 Å². The van der Waals surface area contributed by atoms with Crippen molar-refractivity contribution in [3.8, 4) is 48.9 Å². The molecule has 1 rings (SSSR count). The highest BCUT2D eigenvalue weighted by atomic mass is 31.3. The summed E-state index contributed by atoms with van der Waals surface area (Å²) in [5.74, 6) is 5.08. The average molecular weight is 2240 g/mol. The van der Waals surface area contributed by atoms with Gasteiger partial charge in [-0.3, -0.25) is 40.7 Å². The van der Waals surface area contributed by atoms with Crippen LogP contribution < -0.4 is 48.2 Å². The number of benzene rings is 1. The second kappa shape index (κ2) is 58.3. The number of alkyl halides is 9. The predicted octanol–water partition coefficient (Wildman–Crippen LogP) is 27.0. The molecule has 10 atom stereocenters. The Balaban J connectivity index is -0.000000203. The SMILES string of the molecule is C#CCOP(=O)(F)NP(=O)(F)F.C#CCOP(=O)(F)NP(=O)(F)OCC#C.C=CCOP(=O)(F)NP(=O)(F)F.C=CCOP(=O)(F)NP(=O)(F)OCC=C.N#CCCOP(=O)(F)NP(=O)(F)F.O=P(F)(F)NP(=O)(F)F.O=P(F)(F)NP(=O)(F)OC(C(F)(F)F)C(F)(F)F.O=P(F)(F)NP(=O)(F)OCC(F)(F)F.O=P(F)(F)NP(=O)(F)Oc1ccccc1. The lowest BCUT2D eigenvalue weighted by Crippen LogP contribution is -2.43. The van der Waals surface area contributed by atoms with Crippen LogP contribution in [0.25, 0.3) is 0 Å². The van der Waals surface area contributed by atoms with Crippen molar-refractivity contribution >= 4 is 142 Å². The van der Waals surface area contributed by atoms with Crippen LogP contribution in [0.15, 0.2) is 68.3 Å². The molecule has 0 aliphatic heterocycles. The normalized spacial score (nSPS) is 17.0. The molecule has 0 aliphatic rings. The van der Waals surface area contributed by atoms with E-state index in [1.165, 1.54) is 30.3 Å². The molecule has 38 nitrogen and oxygen atoms in total. The Hall–Kier alpha value is -2.62. The average Bonchev–Trinajstić information content (AvgIpc) is 0.803. The van der Waals surface area contributed by atoms with Gasteiger partial charge in [-0.15, -0.1) is 192 Å². The van der Waals surface area contributed by atoms with Gasteiger partial charge in [-0.05, 0) is 12.1 Å². The molecule has 9 N–H and O–H groups in total. The highest BCUT2D eigenvalue weighted by Gasteiger charge is 2.61. The number of terminal acetylenes is 3. The maximum atomic E-state index is 12.9. The van der Waals surface area contributed by atoms with E-state index in [2.05, 4.69) is 84.2 Å². The quantitative estimate of drug-likeness (QED) is 0.00965. The van der Waals surface area contributed by atoms with Crippen molar-refractivity contribution in [1.29, 1.82) is 5.26 Å². The monoisotopic (exact) mass is 2240 g/mol. The van der Waals surface area contributed by atoms with Crippen molar-refractivity contribution in [2.75, 3.05) is 52.9 Å². The van der Waals surface area contributed by atoms with Crippen LogP contribution in [0.4, 0.5) is 149 Å². The summed E-state index contributed by atoms with van der Waals surface area (Å²) in [6.07, 6.45) is -5.64. The minimum atomic E-state index is -6.77. The second-order valence-corrected chi connectivity index (χ2v) is 43.8. The minimum absolute atomic E-state index is 0.0569. The summed E-state index contributed by atoms with van der Waals surface area (Å²) in [7, 11) is -102. The summed E-state index contributed by atoms with van der Waals surface area (Å²) in [4.78, 5) is 3.46. The van der Waals surface area contributed by atoms with E-state index >= 15 is 0 Å². The summed E-state index contributed by atoms with van der Waals surface area (Å²) in [6, 6.07) is 8.37. The van der Waals surface area contributed by atoms with Crippen LogP contribution >= 0.6 is 142 Å². The summed E-state index contributed by atoms with van der Waals surface area (Å²) < 4.78 is 632. The zero-order valence-corrected chi connectivity index (χ0v) is 73.2. The number of hydrogen-bond donors (Lipinski definition) is 9. The molecule has 0 saturated heterocycles. The zero-order chi connectivity index (χ0) is 99.9. The number of nitrogens with zero attached hydrogens (tertiary/aromatic N) is 1. The summed E-state index contributed by atoms with van der Waals surface area (Å²) in [6.45, 7) is 3.01. The molecule has 10 unspecified atom stereocenters. The molecule has 123 heavy (non-hydrogen) atoms. The van der Waals surface area contributed by atoms with E-state index in [-0.39, 0.29) is 26.7 Å². The van der Waals surface area contributed by atoms with Crippen molar-refractivity contribution in [2.45, 2.75) is 31.1 Å². The summed E-state index contributed by atoms with van der Waals surface area (Å²) in [5, 5.41) is 7.93. The smallest absolute Gasteiger partial charge is 0.410 e. The third-order valence-corrected chi connectivity index (χ3v) is 28.5. The highest BCUT2D eigenvalue weighted by molar-refractivity contribution is 7.70. The lowest BCUT2D eigenvalue weighted by atomic mass is 10.3. The Morgan fingerprint density at radius 2 is 0.561 bits per heavy atom. The molecule has 0 amide bonds. The molecule has 0 aliphatic carbocycles. The maximum Gasteiger partial charge on any atom is 0.506 e. The summed E-state index contributed by atoms with van der Waals surface area (Å²) >= 11 is 0. The molecule has 0 bridgehead atoms. The van der Waals surface area contributed by atoms with Crippen LogP contribution in [0, 0.1) is 48.4 Å². The van der Waals surface area contributed by atoms with E-state index in [1.54, 1.807) is 23.8 Å². The number of nitriles is 1. The predicted molar refractivity (Wildman–Crippen MR) is 359 cm³/mol. The number of nitrogens with one attached hydrogen (secondary N) is 9. The summed E-state index contributed by atoms with van der Waals surface area (Å²) in [5.41, 5.74) is 0. The first-order valence-electron chi connectivity index (χ1n) is 26.3. The Morgan fingerprint density at radius 1 is 0.333 bits per heavy atom. The third kappa shape index (κ3) is 106. The topological polar surface area (TPSA) is 532 Å². The molecule has 0 heterocycles. The highest BCUT2D eigenvalue weighted by Crippen LogP contribution is 2.66. The van der Waals surface area contributed by atoms with Gasteiger partial charge in [0.15, 0.2) is 6.61 Å². The van der Waals surface area contributed by atoms with Crippen molar-refractivity contribution in [3.05, 3.63) is 68.3 Å². The van der Waals surface area contributed by atoms with Crippen LogP contribution in [0.3, 0.4) is 0 Å². The van der Waals surface area contributed by atoms with E-state index in [0.717, 1.165) is 27.9 Å². The van der Waals surface area contributed by atoms with Gasteiger partial charge >= 0.3 is 160 Å². The second-order valence-electron chi connectivity index (χ2n) is 17.2. The number of rotatable bonds is 42. The van der Waals surface area contributed by atoms with Gasteiger partial charge in [-0.2, -0.15) is 44.8 Å². The fourth-order valence-electron chi connectivity index (χ4n) is 3.76. The maximum absolute atomic E-state index is 12.9. The van der Waals surface area contributed by atoms with Gasteiger partial charge in [0.1, 0.15) is 25.6 Å². The molecular formula is C32H45F35N10O28P18. The van der Waals surface area contributed by atoms with E-state index in [1.807, 2.05) is 0 Å². The van der Waals surface area contributed by atoms with Crippen LogP contribution in [0.2, 0.25) is 0 Å². The van der Waals surface area contributed by atoms with E-state index in [4.69, 9.17) is 14.4 Å². The molecule has 0 fully saturated rings. The van der Waals surface area contributed by atoms with Gasteiger partial charge in [-0.25, -0.2) is 82.2 Å². The lowest BCUT2D eigenvalue weighted by Gasteiger charge is -2.24. The molecule has 0 radical (unpaired) electrons. The molecule has 0 saturated carbocycles. The van der Waals surface area contributed by atoms with Gasteiger partial charge < -0.3 is 4.52 Å². The number of halogens is 35. The minimum Gasteiger partial charge on any atom is -0.410 e.